The van der Waals surface area contributed by atoms with E-state index in [1.807, 2.05) is 31.2 Å². The molecule has 0 spiro atoms. The standard InChI is InChI=1S/C19H27NO3/c1-14(11-15-7-4-5-10-18(15)23-3)12-19(22)20(2)13-16-8-6-9-17(16)21/h4-5,7,10,12,16-17,21H,6,8-9,11,13H2,1-3H3/b14-12+. The molecule has 23 heavy (non-hydrogen) atoms. The number of carbonyl (C=O) groups excluding carboxylic acids is 1. The van der Waals surface area contributed by atoms with Gasteiger partial charge in [-0.2, -0.15) is 0 Å². The van der Waals surface area contributed by atoms with E-state index < -0.39 is 0 Å². The second-order valence-corrected chi connectivity index (χ2v) is 6.46. The van der Waals surface area contributed by atoms with E-state index in [1.54, 1.807) is 25.1 Å². The molecule has 1 fully saturated rings. The Hall–Kier alpha value is -1.81. The summed E-state index contributed by atoms with van der Waals surface area (Å²) in [6.07, 6.45) is 5.03. The molecule has 0 heterocycles. The number of benzene rings is 1. The smallest absolute Gasteiger partial charge is 0.246 e. The van der Waals surface area contributed by atoms with Crippen LogP contribution in [0.1, 0.15) is 31.7 Å². The van der Waals surface area contributed by atoms with Crippen LogP contribution in [0, 0.1) is 5.92 Å². The van der Waals surface area contributed by atoms with Crippen molar-refractivity contribution in [3.8, 4) is 5.75 Å². The first kappa shape index (κ1) is 17.5. The third-order valence-corrected chi connectivity index (χ3v) is 4.54. The van der Waals surface area contributed by atoms with Gasteiger partial charge in [0.25, 0.3) is 0 Å². The highest BCUT2D eigenvalue weighted by Crippen LogP contribution is 2.26. The first-order valence-electron chi connectivity index (χ1n) is 8.23. The Labute approximate surface area is 138 Å². The molecule has 4 nitrogen and oxygen atoms in total. The molecule has 0 bridgehead atoms. The van der Waals surface area contributed by atoms with Gasteiger partial charge in [-0.3, -0.25) is 4.79 Å². The molecule has 1 aromatic rings. The summed E-state index contributed by atoms with van der Waals surface area (Å²) in [7, 11) is 3.46. The summed E-state index contributed by atoms with van der Waals surface area (Å²) in [5.74, 6) is 1.05. The van der Waals surface area contributed by atoms with Crippen molar-refractivity contribution in [1.82, 2.24) is 4.90 Å². The van der Waals surface area contributed by atoms with Crippen LogP contribution in [0.4, 0.5) is 0 Å². The minimum absolute atomic E-state index is 0.00324. The maximum atomic E-state index is 12.3. The molecule has 0 aromatic heterocycles. The number of para-hydroxylation sites is 1. The van der Waals surface area contributed by atoms with Crippen LogP contribution >= 0.6 is 0 Å². The first-order valence-corrected chi connectivity index (χ1v) is 8.23. The van der Waals surface area contributed by atoms with Crippen molar-refractivity contribution < 1.29 is 14.6 Å². The van der Waals surface area contributed by atoms with E-state index in [0.717, 1.165) is 36.1 Å². The maximum Gasteiger partial charge on any atom is 0.246 e. The van der Waals surface area contributed by atoms with Gasteiger partial charge in [-0.25, -0.2) is 0 Å². The normalized spacial score (nSPS) is 21.3. The second kappa shape index (κ2) is 8.16. The molecule has 1 saturated carbocycles. The summed E-state index contributed by atoms with van der Waals surface area (Å²) < 4.78 is 5.35. The Morgan fingerprint density at radius 3 is 2.78 bits per heavy atom. The molecule has 1 aliphatic carbocycles. The van der Waals surface area contributed by atoms with Crippen LogP contribution in [0.25, 0.3) is 0 Å². The number of methoxy groups -OCH3 is 1. The molecule has 2 unspecified atom stereocenters. The van der Waals surface area contributed by atoms with Crippen molar-refractivity contribution in [2.45, 2.75) is 38.7 Å². The number of nitrogens with zero attached hydrogens (tertiary/aromatic N) is 1. The van der Waals surface area contributed by atoms with Gasteiger partial charge in [-0.1, -0.05) is 30.2 Å². The van der Waals surface area contributed by atoms with E-state index in [9.17, 15) is 9.90 Å². The second-order valence-electron chi connectivity index (χ2n) is 6.46. The number of hydrogen-bond donors (Lipinski definition) is 1. The van der Waals surface area contributed by atoms with Crippen LogP contribution < -0.4 is 4.74 Å². The fourth-order valence-electron chi connectivity index (χ4n) is 3.19. The molecule has 1 amide bonds. The number of likely N-dealkylation sites (N-methyl/N-ethyl adjacent to an activating group) is 1. The largest absolute Gasteiger partial charge is 0.496 e. The summed E-state index contributed by atoms with van der Waals surface area (Å²) in [5, 5.41) is 9.89. The van der Waals surface area contributed by atoms with Gasteiger partial charge in [0.15, 0.2) is 0 Å². The molecule has 1 N–H and O–H groups in total. The number of allylic oxidation sites excluding steroid dienone is 1. The highest BCUT2D eigenvalue weighted by atomic mass is 16.5. The molecule has 1 aliphatic rings. The fraction of sp³-hybridized carbons (Fsp3) is 0.526. The van der Waals surface area contributed by atoms with Crippen molar-refractivity contribution in [3.63, 3.8) is 0 Å². The summed E-state index contributed by atoms with van der Waals surface area (Å²) in [5.41, 5.74) is 2.07. The summed E-state index contributed by atoms with van der Waals surface area (Å²) in [4.78, 5) is 14.0. The van der Waals surface area contributed by atoms with Crippen molar-refractivity contribution in [1.29, 1.82) is 0 Å². The van der Waals surface area contributed by atoms with Crippen molar-refractivity contribution in [2.75, 3.05) is 20.7 Å². The lowest BCUT2D eigenvalue weighted by atomic mass is 10.0. The minimum atomic E-state index is -0.260. The molecule has 2 rings (SSSR count). The van der Waals surface area contributed by atoms with Crippen LogP contribution in [0.2, 0.25) is 0 Å². The van der Waals surface area contributed by atoms with E-state index in [4.69, 9.17) is 4.74 Å². The zero-order chi connectivity index (χ0) is 16.8. The predicted octanol–water partition coefficient (Wildman–Crippen LogP) is 2.80. The van der Waals surface area contributed by atoms with E-state index in [1.165, 1.54) is 0 Å². The molecule has 0 saturated heterocycles. The molecule has 126 valence electrons. The quantitative estimate of drug-likeness (QED) is 0.821. The van der Waals surface area contributed by atoms with Gasteiger partial charge in [0, 0.05) is 25.6 Å². The Balaban J connectivity index is 1.95. The van der Waals surface area contributed by atoms with Crippen LogP contribution in [0.15, 0.2) is 35.9 Å². The number of carbonyl (C=O) groups is 1. The van der Waals surface area contributed by atoms with Gasteiger partial charge >= 0.3 is 0 Å². The highest BCUT2D eigenvalue weighted by Gasteiger charge is 2.27. The number of rotatable bonds is 6. The molecule has 4 heteroatoms. The number of aliphatic hydroxyl groups excluding tert-OH is 1. The molecule has 0 radical (unpaired) electrons. The van der Waals surface area contributed by atoms with Gasteiger partial charge in [-0.15, -0.1) is 0 Å². The third-order valence-electron chi connectivity index (χ3n) is 4.54. The lowest BCUT2D eigenvalue weighted by Gasteiger charge is -2.22. The Kier molecular flexibility index (Phi) is 6.22. The molecule has 0 aliphatic heterocycles. The van der Waals surface area contributed by atoms with Gasteiger partial charge in [0.1, 0.15) is 5.75 Å². The van der Waals surface area contributed by atoms with Crippen molar-refractivity contribution in [3.05, 3.63) is 41.5 Å². The molecule has 2 atom stereocenters. The fourth-order valence-corrected chi connectivity index (χ4v) is 3.19. The number of hydrogen-bond acceptors (Lipinski definition) is 3. The SMILES string of the molecule is COc1ccccc1C/C(C)=C/C(=O)N(C)CC1CCCC1O. The summed E-state index contributed by atoms with van der Waals surface area (Å²) in [6, 6.07) is 7.85. The predicted molar refractivity (Wildman–Crippen MR) is 91.4 cm³/mol. The molecule has 1 aromatic carbocycles. The van der Waals surface area contributed by atoms with Crippen molar-refractivity contribution in [2.24, 2.45) is 5.92 Å². The van der Waals surface area contributed by atoms with E-state index >= 15 is 0 Å². The zero-order valence-corrected chi connectivity index (χ0v) is 14.3. The lowest BCUT2D eigenvalue weighted by Crippen LogP contribution is -2.33. The van der Waals surface area contributed by atoms with Crippen LogP contribution in [0.3, 0.4) is 0 Å². The average molecular weight is 317 g/mol. The lowest BCUT2D eigenvalue weighted by molar-refractivity contribution is -0.125. The number of amides is 1. The van der Waals surface area contributed by atoms with Gasteiger partial charge in [0.05, 0.1) is 13.2 Å². The number of ether oxygens (including phenoxy) is 1. The summed E-state index contributed by atoms with van der Waals surface area (Å²) in [6.45, 7) is 2.58. The summed E-state index contributed by atoms with van der Waals surface area (Å²) >= 11 is 0. The first-order chi connectivity index (χ1) is 11.0. The van der Waals surface area contributed by atoms with Gasteiger partial charge in [0.2, 0.25) is 5.91 Å². The van der Waals surface area contributed by atoms with Crippen LogP contribution in [-0.4, -0.2) is 42.7 Å². The minimum Gasteiger partial charge on any atom is -0.496 e. The van der Waals surface area contributed by atoms with E-state index in [0.29, 0.717) is 13.0 Å². The monoisotopic (exact) mass is 317 g/mol. The molecular formula is C19H27NO3. The number of aliphatic hydroxyl groups is 1. The average Bonchev–Trinajstić information content (AvgIpc) is 2.92. The highest BCUT2D eigenvalue weighted by molar-refractivity contribution is 5.88. The van der Waals surface area contributed by atoms with Gasteiger partial charge in [-0.05, 0) is 37.8 Å². The van der Waals surface area contributed by atoms with E-state index in [-0.39, 0.29) is 17.9 Å². The van der Waals surface area contributed by atoms with Crippen molar-refractivity contribution >= 4 is 5.91 Å². The van der Waals surface area contributed by atoms with Gasteiger partial charge < -0.3 is 14.7 Å². The maximum absolute atomic E-state index is 12.3. The Morgan fingerprint density at radius 1 is 1.39 bits per heavy atom. The zero-order valence-electron chi connectivity index (χ0n) is 14.3. The van der Waals surface area contributed by atoms with Crippen LogP contribution in [-0.2, 0) is 11.2 Å². The third kappa shape index (κ3) is 4.83. The van der Waals surface area contributed by atoms with E-state index in [2.05, 4.69) is 0 Å². The topological polar surface area (TPSA) is 49.8 Å². The van der Waals surface area contributed by atoms with Crippen LogP contribution in [0.5, 0.6) is 5.75 Å². The Morgan fingerprint density at radius 2 is 2.13 bits per heavy atom. The molecular weight excluding hydrogens is 290 g/mol. The Bertz CT molecular complexity index is 567.